The topological polar surface area (TPSA) is 132 Å². The third-order valence-electron chi connectivity index (χ3n) is 2.85. The van der Waals surface area contributed by atoms with Crippen LogP contribution in [-0.2, 0) is 0 Å². The Bertz CT molecular complexity index is 768. The van der Waals surface area contributed by atoms with Gasteiger partial charge < -0.3 is 35.0 Å². The fourth-order valence-corrected chi connectivity index (χ4v) is 1.83. The fraction of sp³-hybridized carbons (Fsp3) is 0. The van der Waals surface area contributed by atoms with Crippen LogP contribution in [0.3, 0.4) is 0 Å². The molecule has 0 aromatic heterocycles. The average Bonchev–Trinajstić information content (AvgIpc) is 2.47. The summed E-state index contributed by atoms with van der Waals surface area (Å²) in [7, 11) is 0. The first-order valence-electron chi connectivity index (χ1n) is 6.03. The molecule has 0 spiro atoms. The van der Waals surface area contributed by atoms with Crippen LogP contribution in [0.5, 0.6) is 0 Å². The minimum atomic E-state index is -1.51. The summed E-state index contributed by atoms with van der Waals surface area (Å²) in [6.07, 6.45) is 0. The van der Waals surface area contributed by atoms with Crippen LogP contribution in [-0.4, -0.2) is 17.9 Å². The molecule has 2 aromatic carbocycles. The molecule has 0 aliphatic heterocycles. The summed E-state index contributed by atoms with van der Waals surface area (Å²) in [6.45, 7) is 0. The number of carboxylic acid groups (broad SMARTS) is 3. The highest BCUT2D eigenvalue weighted by molar-refractivity contribution is 5.97. The zero-order valence-corrected chi connectivity index (χ0v) is 11.0. The van der Waals surface area contributed by atoms with E-state index in [0.717, 1.165) is 18.2 Å². The van der Waals surface area contributed by atoms with Crippen molar-refractivity contribution in [2.45, 2.75) is 0 Å². The van der Waals surface area contributed by atoms with E-state index in [9.17, 15) is 29.7 Å². The lowest BCUT2D eigenvalue weighted by Crippen LogP contribution is -2.25. The van der Waals surface area contributed by atoms with Crippen molar-refractivity contribution in [1.29, 1.82) is 0 Å². The lowest BCUT2D eigenvalue weighted by molar-refractivity contribution is -0.256. The molecule has 0 fully saturated rings. The summed E-state index contributed by atoms with van der Waals surface area (Å²) < 4.78 is 0. The summed E-state index contributed by atoms with van der Waals surface area (Å²) in [5.74, 6) is -4.38. The Morgan fingerprint density at radius 2 is 1.41 bits per heavy atom. The summed E-state index contributed by atoms with van der Waals surface area (Å²) in [6, 6.07) is 8.63. The normalized spacial score (nSPS) is 10.0. The first-order valence-corrected chi connectivity index (χ1v) is 6.03. The molecule has 0 saturated heterocycles. The third-order valence-corrected chi connectivity index (χ3v) is 2.85. The van der Waals surface area contributed by atoms with Crippen molar-refractivity contribution >= 4 is 29.3 Å². The highest BCUT2D eigenvalue weighted by Crippen LogP contribution is 2.23. The van der Waals surface area contributed by atoms with E-state index in [1.165, 1.54) is 24.3 Å². The van der Waals surface area contributed by atoms with Crippen LogP contribution in [0.1, 0.15) is 31.1 Å². The Morgan fingerprint density at radius 1 is 0.773 bits per heavy atom. The Morgan fingerprint density at radius 3 is 2.00 bits per heavy atom. The zero-order valence-electron chi connectivity index (χ0n) is 11.0. The smallest absolute Gasteiger partial charge is 0.0736 e. The number of benzene rings is 2. The van der Waals surface area contributed by atoms with Gasteiger partial charge in [-0.15, -0.1) is 0 Å². The molecule has 0 aliphatic carbocycles. The van der Waals surface area contributed by atoms with Gasteiger partial charge in [0.1, 0.15) is 0 Å². The highest BCUT2D eigenvalue weighted by Gasteiger charge is 2.07. The number of carbonyl (C=O) groups excluding carboxylic acids is 3. The van der Waals surface area contributed by atoms with Crippen molar-refractivity contribution in [1.82, 2.24) is 0 Å². The molecular formula is C15H8NO6-3. The number of anilines is 2. The summed E-state index contributed by atoms with van der Waals surface area (Å²) in [5, 5.41) is 35.3. The predicted molar refractivity (Wildman–Crippen MR) is 69.2 cm³/mol. The van der Waals surface area contributed by atoms with Gasteiger partial charge in [0.15, 0.2) is 0 Å². The van der Waals surface area contributed by atoms with Gasteiger partial charge in [-0.25, -0.2) is 0 Å². The van der Waals surface area contributed by atoms with E-state index in [1.807, 2.05) is 0 Å². The third kappa shape index (κ3) is 3.21. The number of carboxylic acids is 3. The standard InChI is InChI=1S/C15H11NO6/c17-13(18)8-2-1-3-10(6-8)16-12-7-9(14(19)20)4-5-11(12)15(21)22/h1-7,16H,(H,17,18)(H,19,20)(H,21,22)/p-3. The molecule has 0 aliphatic rings. The molecule has 0 radical (unpaired) electrons. The van der Waals surface area contributed by atoms with Gasteiger partial charge in [0.25, 0.3) is 0 Å². The van der Waals surface area contributed by atoms with Crippen LogP contribution in [0.25, 0.3) is 0 Å². The Balaban J connectivity index is 2.45. The maximum Gasteiger partial charge on any atom is 0.0736 e. The SMILES string of the molecule is O=C([O-])c1cccc(Nc2cc(C(=O)[O-])ccc2C(=O)[O-])c1. The average molecular weight is 298 g/mol. The molecule has 0 saturated carbocycles. The highest BCUT2D eigenvalue weighted by atomic mass is 16.4. The molecule has 0 heterocycles. The number of nitrogens with one attached hydrogen (secondary N) is 1. The van der Waals surface area contributed by atoms with E-state index in [-0.39, 0.29) is 28.1 Å². The van der Waals surface area contributed by atoms with Gasteiger partial charge in [-0.1, -0.05) is 24.3 Å². The minimum Gasteiger partial charge on any atom is -0.545 e. The molecule has 1 N–H and O–H groups in total. The van der Waals surface area contributed by atoms with Crippen LogP contribution >= 0.6 is 0 Å². The van der Waals surface area contributed by atoms with E-state index >= 15 is 0 Å². The first kappa shape index (κ1) is 15.0. The second-order valence-corrected chi connectivity index (χ2v) is 4.33. The second-order valence-electron chi connectivity index (χ2n) is 4.33. The van der Waals surface area contributed by atoms with Crippen LogP contribution in [0.2, 0.25) is 0 Å². The zero-order chi connectivity index (χ0) is 16.3. The van der Waals surface area contributed by atoms with Crippen LogP contribution in [0, 0.1) is 0 Å². The number of aromatic carboxylic acids is 3. The van der Waals surface area contributed by atoms with Crippen LogP contribution in [0.15, 0.2) is 42.5 Å². The van der Waals surface area contributed by atoms with E-state index in [2.05, 4.69) is 5.32 Å². The van der Waals surface area contributed by atoms with Gasteiger partial charge in [-0.2, -0.15) is 0 Å². The largest absolute Gasteiger partial charge is 0.545 e. The molecule has 2 rings (SSSR count). The molecular weight excluding hydrogens is 290 g/mol. The van der Waals surface area contributed by atoms with Crippen molar-refractivity contribution in [3.63, 3.8) is 0 Å². The first-order chi connectivity index (χ1) is 10.4. The van der Waals surface area contributed by atoms with Crippen molar-refractivity contribution < 1.29 is 29.7 Å². The fourth-order valence-electron chi connectivity index (χ4n) is 1.83. The monoisotopic (exact) mass is 298 g/mol. The van der Waals surface area contributed by atoms with Crippen molar-refractivity contribution in [3.05, 3.63) is 59.2 Å². The maximum atomic E-state index is 11.1. The molecule has 112 valence electrons. The Hall–Kier alpha value is -3.35. The molecule has 0 atom stereocenters. The van der Waals surface area contributed by atoms with Gasteiger partial charge >= 0.3 is 0 Å². The Kier molecular flexibility index (Phi) is 4.08. The van der Waals surface area contributed by atoms with E-state index in [0.29, 0.717) is 0 Å². The van der Waals surface area contributed by atoms with Gasteiger partial charge in [-0.3, -0.25) is 0 Å². The molecule has 0 bridgehead atoms. The lowest BCUT2D eigenvalue weighted by atomic mass is 10.1. The van der Waals surface area contributed by atoms with Crippen molar-refractivity contribution in [2.24, 2.45) is 0 Å². The molecule has 0 amide bonds. The lowest BCUT2D eigenvalue weighted by Gasteiger charge is -2.15. The predicted octanol–water partition coefficient (Wildman–Crippen LogP) is -1.48. The van der Waals surface area contributed by atoms with Crippen molar-refractivity contribution in [3.8, 4) is 0 Å². The van der Waals surface area contributed by atoms with E-state index < -0.39 is 17.9 Å². The molecule has 0 unspecified atom stereocenters. The van der Waals surface area contributed by atoms with E-state index in [4.69, 9.17) is 0 Å². The van der Waals surface area contributed by atoms with Gasteiger partial charge in [-0.05, 0) is 29.3 Å². The van der Waals surface area contributed by atoms with Crippen molar-refractivity contribution in [2.75, 3.05) is 5.32 Å². The van der Waals surface area contributed by atoms with Crippen LogP contribution in [0.4, 0.5) is 11.4 Å². The molecule has 2 aromatic rings. The van der Waals surface area contributed by atoms with Gasteiger partial charge in [0, 0.05) is 16.9 Å². The quantitative estimate of drug-likeness (QED) is 0.711. The summed E-state index contributed by atoms with van der Waals surface area (Å²) in [4.78, 5) is 32.7. The number of hydrogen-bond acceptors (Lipinski definition) is 7. The molecule has 7 nitrogen and oxygen atoms in total. The maximum absolute atomic E-state index is 11.1. The second kappa shape index (κ2) is 5.96. The van der Waals surface area contributed by atoms with Gasteiger partial charge in [0.05, 0.1) is 17.9 Å². The number of hydrogen-bond donors (Lipinski definition) is 1. The Labute approximate surface area is 124 Å². The van der Waals surface area contributed by atoms with Crippen LogP contribution < -0.4 is 20.6 Å². The molecule has 7 heteroatoms. The van der Waals surface area contributed by atoms with E-state index in [1.54, 1.807) is 0 Å². The number of rotatable bonds is 5. The number of carbonyl (C=O) groups is 3. The summed E-state index contributed by atoms with van der Waals surface area (Å²) in [5.41, 5.74) is -0.430. The van der Waals surface area contributed by atoms with Gasteiger partial charge in [0.2, 0.25) is 0 Å². The minimum absolute atomic E-state index is 0.0582. The molecule has 22 heavy (non-hydrogen) atoms. The summed E-state index contributed by atoms with van der Waals surface area (Å²) >= 11 is 0.